The highest BCUT2D eigenvalue weighted by atomic mass is 16.2. The molecule has 4 rings (SSSR count). The molecule has 2 aliphatic rings. The number of fused-ring (bicyclic) bond motifs is 1. The minimum Gasteiger partial charge on any atom is -0.366 e. The van der Waals surface area contributed by atoms with Gasteiger partial charge in [0.05, 0.1) is 17.1 Å². The van der Waals surface area contributed by atoms with Gasteiger partial charge in [0.1, 0.15) is 5.52 Å². The Bertz CT molecular complexity index is 803. The van der Waals surface area contributed by atoms with Crippen molar-refractivity contribution in [3.63, 3.8) is 0 Å². The number of aromatic amines is 1. The fraction of sp³-hybridized carbons (Fsp3) is 0.471. The van der Waals surface area contributed by atoms with Gasteiger partial charge in [-0.1, -0.05) is 6.07 Å². The predicted octanol–water partition coefficient (Wildman–Crippen LogP) is 0.0624. The number of nitrogens with two attached hydrogens (primary N) is 1. The second-order valence-electron chi connectivity index (χ2n) is 6.59. The van der Waals surface area contributed by atoms with Crippen molar-refractivity contribution in [3.05, 3.63) is 23.8 Å². The van der Waals surface area contributed by atoms with Crippen molar-refractivity contribution in [3.8, 4) is 0 Å². The molecule has 0 saturated carbocycles. The zero-order valence-electron chi connectivity index (χ0n) is 14.0. The summed E-state index contributed by atoms with van der Waals surface area (Å²) in [6.07, 6.45) is 2.00. The maximum atomic E-state index is 12.5. The molecular weight excluding hydrogens is 320 g/mol. The molecule has 2 aromatic rings. The molecule has 25 heavy (non-hydrogen) atoms. The summed E-state index contributed by atoms with van der Waals surface area (Å²) in [7, 11) is 0. The first-order valence-electron chi connectivity index (χ1n) is 8.69. The minimum absolute atomic E-state index is 0.0177. The fourth-order valence-electron chi connectivity index (χ4n) is 3.62. The summed E-state index contributed by atoms with van der Waals surface area (Å²) in [5, 5.41) is 3.26. The van der Waals surface area contributed by atoms with E-state index in [1.54, 1.807) is 12.1 Å². The number of anilines is 1. The number of imidazole rings is 1. The van der Waals surface area contributed by atoms with Crippen LogP contribution < -0.4 is 16.0 Å². The second-order valence-corrected chi connectivity index (χ2v) is 6.59. The van der Waals surface area contributed by atoms with Gasteiger partial charge in [-0.3, -0.25) is 9.59 Å². The van der Waals surface area contributed by atoms with E-state index in [4.69, 9.17) is 5.73 Å². The number of amides is 2. The quantitative estimate of drug-likeness (QED) is 0.731. The number of hydrogen-bond acceptors (Lipinski definition) is 5. The fourth-order valence-corrected chi connectivity index (χ4v) is 3.62. The van der Waals surface area contributed by atoms with Gasteiger partial charge < -0.3 is 25.8 Å². The van der Waals surface area contributed by atoms with Gasteiger partial charge in [0, 0.05) is 26.2 Å². The van der Waals surface area contributed by atoms with Crippen molar-refractivity contribution in [1.82, 2.24) is 20.2 Å². The lowest BCUT2D eigenvalue weighted by Crippen LogP contribution is -2.53. The number of nitrogens with one attached hydrogen (secondary N) is 2. The molecule has 1 aromatic carbocycles. The lowest BCUT2D eigenvalue weighted by Gasteiger charge is -2.35. The number of benzene rings is 1. The highest BCUT2D eigenvalue weighted by molar-refractivity contribution is 6.04. The molecule has 2 aliphatic heterocycles. The lowest BCUT2D eigenvalue weighted by molar-refractivity contribution is -0.133. The number of carbonyl (C=O) groups is 2. The molecule has 4 N–H and O–H groups in total. The summed E-state index contributed by atoms with van der Waals surface area (Å²) >= 11 is 0. The second kappa shape index (κ2) is 6.36. The van der Waals surface area contributed by atoms with Crippen LogP contribution in [0, 0.1) is 0 Å². The Morgan fingerprint density at radius 3 is 2.68 bits per heavy atom. The first kappa shape index (κ1) is 15.9. The molecule has 0 unspecified atom stereocenters. The average Bonchev–Trinajstić information content (AvgIpc) is 3.30. The van der Waals surface area contributed by atoms with Crippen LogP contribution in [0.5, 0.6) is 0 Å². The van der Waals surface area contributed by atoms with Crippen LogP contribution in [0.15, 0.2) is 18.2 Å². The Morgan fingerprint density at radius 1 is 1.20 bits per heavy atom. The third kappa shape index (κ3) is 2.93. The van der Waals surface area contributed by atoms with Crippen LogP contribution in [0.25, 0.3) is 11.0 Å². The number of nitrogens with zero attached hydrogens (tertiary/aromatic N) is 3. The first-order chi connectivity index (χ1) is 12.1. The van der Waals surface area contributed by atoms with Gasteiger partial charge in [-0.05, 0) is 31.5 Å². The van der Waals surface area contributed by atoms with E-state index in [1.807, 2.05) is 11.0 Å². The molecule has 0 bridgehead atoms. The standard InChI is InChI=1S/C17H22N6O2/c18-15(24)11-3-1-4-12-14(11)21-17(20-12)23-9-7-22(8-10-23)16(25)13-5-2-6-19-13/h1,3-4,13,19H,2,5-10H2,(H2,18,24)(H,20,21)/t13-/m1/s1. The molecule has 2 amide bonds. The largest absolute Gasteiger partial charge is 0.366 e. The van der Waals surface area contributed by atoms with Gasteiger partial charge in [0.15, 0.2) is 0 Å². The molecule has 0 aliphatic carbocycles. The van der Waals surface area contributed by atoms with Gasteiger partial charge in [0.2, 0.25) is 11.9 Å². The number of H-pyrrole nitrogens is 1. The Kier molecular flexibility index (Phi) is 4.04. The number of piperazine rings is 1. The number of rotatable bonds is 3. The molecule has 0 radical (unpaired) electrons. The van der Waals surface area contributed by atoms with E-state index in [1.165, 1.54) is 0 Å². The summed E-state index contributed by atoms with van der Waals surface area (Å²) in [6.45, 7) is 3.71. The van der Waals surface area contributed by atoms with Crippen molar-refractivity contribution < 1.29 is 9.59 Å². The maximum Gasteiger partial charge on any atom is 0.250 e. The molecule has 2 saturated heterocycles. The van der Waals surface area contributed by atoms with Gasteiger partial charge in [-0.15, -0.1) is 0 Å². The van der Waals surface area contributed by atoms with E-state index < -0.39 is 5.91 Å². The van der Waals surface area contributed by atoms with Crippen LogP contribution in [0.4, 0.5) is 5.95 Å². The third-order valence-corrected chi connectivity index (χ3v) is 5.01. The molecule has 2 fully saturated rings. The summed E-state index contributed by atoms with van der Waals surface area (Å²) in [5.41, 5.74) is 7.23. The normalized spacial score (nSPS) is 21.0. The Morgan fingerprint density at radius 2 is 2.00 bits per heavy atom. The average molecular weight is 342 g/mol. The molecular formula is C17H22N6O2. The van der Waals surface area contributed by atoms with E-state index in [0.29, 0.717) is 37.3 Å². The third-order valence-electron chi connectivity index (χ3n) is 5.01. The maximum absolute atomic E-state index is 12.5. The first-order valence-corrected chi connectivity index (χ1v) is 8.69. The number of hydrogen-bond donors (Lipinski definition) is 3. The zero-order chi connectivity index (χ0) is 17.4. The van der Waals surface area contributed by atoms with Crippen LogP contribution in [0.1, 0.15) is 23.2 Å². The Hall–Kier alpha value is -2.61. The van der Waals surface area contributed by atoms with E-state index in [-0.39, 0.29) is 11.9 Å². The summed E-state index contributed by atoms with van der Waals surface area (Å²) < 4.78 is 0. The van der Waals surface area contributed by atoms with Gasteiger partial charge >= 0.3 is 0 Å². The highest BCUT2D eigenvalue weighted by Gasteiger charge is 2.29. The van der Waals surface area contributed by atoms with E-state index in [9.17, 15) is 9.59 Å². The van der Waals surface area contributed by atoms with Crippen LogP contribution in [-0.2, 0) is 4.79 Å². The molecule has 1 aromatic heterocycles. The number of primary amides is 1. The van der Waals surface area contributed by atoms with Gasteiger partial charge in [-0.25, -0.2) is 4.98 Å². The van der Waals surface area contributed by atoms with E-state index in [2.05, 4.69) is 20.2 Å². The molecule has 8 heteroatoms. The van der Waals surface area contributed by atoms with E-state index in [0.717, 1.165) is 30.9 Å². The topological polar surface area (TPSA) is 107 Å². The van der Waals surface area contributed by atoms with Crippen LogP contribution >= 0.6 is 0 Å². The van der Waals surface area contributed by atoms with Crippen LogP contribution in [-0.4, -0.2) is 65.4 Å². The van der Waals surface area contributed by atoms with Crippen molar-refractivity contribution in [2.24, 2.45) is 5.73 Å². The lowest BCUT2D eigenvalue weighted by atomic mass is 10.2. The number of carbonyl (C=O) groups excluding carboxylic acids is 2. The monoisotopic (exact) mass is 342 g/mol. The van der Waals surface area contributed by atoms with Gasteiger partial charge in [-0.2, -0.15) is 0 Å². The van der Waals surface area contributed by atoms with Crippen molar-refractivity contribution in [1.29, 1.82) is 0 Å². The predicted molar refractivity (Wildman–Crippen MR) is 94.4 cm³/mol. The number of para-hydroxylation sites is 1. The Balaban J connectivity index is 1.47. The Labute approximate surface area is 145 Å². The molecule has 1 atom stereocenters. The van der Waals surface area contributed by atoms with Crippen molar-refractivity contribution >= 4 is 28.8 Å². The summed E-state index contributed by atoms with van der Waals surface area (Å²) in [5.74, 6) is 0.440. The van der Waals surface area contributed by atoms with Crippen molar-refractivity contribution in [2.45, 2.75) is 18.9 Å². The zero-order valence-corrected chi connectivity index (χ0v) is 14.0. The summed E-state index contributed by atoms with van der Waals surface area (Å²) in [6, 6.07) is 5.33. The van der Waals surface area contributed by atoms with E-state index >= 15 is 0 Å². The van der Waals surface area contributed by atoms with Crippen LogP contribution in [0.2, 0.25) is 0 Å². The van der Waals surface area contributed by atoms with Crippen molar-refractivity contribution in [2.75, 3.05) is 37.6 Å². The molecule has 0 spiro atoms. The SMILES string of the molecule is NC(=O)c1cccc2[nH]c(N3CCN(C(=O)[C@H]4CCCN4)CC3)nc12. The molecule has 3 heterocycles. The number of aromatic nitrogens is 2. The minimum atomic E-state index is -0.483. The summed E-state index contributed by atoms with van der Waals surface area (Å²) in [4.78, 5) is 35.9. The van der Waals surface area contributed by atoms with Gasteiger partial charge in [0.25, 0.3) is 5.91 Å². The molecule has 132 valence electrons. The smallest absolute Gasteiger partial charge is 0.250 e. The van der Waals surface area contributed by atoms with Crippen LogP contribution in [0.3, 0.4) is 0 Å². The highest BCUT2D eigenvalue weighted by Crippen LogP contribution is 2.22. The molecule has 8 nitrogen and oxygen atoms in total.